The lowest BCUT2D eigenvalue weighted by Gasteiger charge is -2.23. The maximum absolute atomic E-state index is 12.2. The quantitative estimate of drug-likeness (QED) is 0.891. The number of nitrogens with one attached hydrogen (secondary N) is 1. The minimum Gasteiger partial charge on any atom is -0.494 e. The van der Waals surface area contributed by atoms with Crippen molar-refractivity contribution in [2.24, 2.45) is 0 Å². The molecule has 1 aliphatic heterocycles. The van der Waals surface area contributed by atoms with Gasteiger partial charge in [0.05, 0.1) is 25.5 Å². The minimum absolute atomic E-state index is 0.115. The summed E-state index contributed by atoms with van der Waals surface area (Å²) >= 11 is 0. The average molecular weight is 288 g/mol. The van der Waals surface area contributed by atoms with E-state index < -0.39 is 0 Å². The van der Waals surface area contributed by atoms with Gasteiger partial charge in [-0.2, -0.15) is 0 Å². The number of carbonyl (C=O) groups excluding carboxylic acids is 1. The summed E-state index contributed by atoms with van der Waals surface area (Å²) in [5.41, 5.74) is 0. The Morgan fingerprint density at radius 2 is 2.14 bits per heavy atom. The molecular formula is C13H16N6O2. The summed E-state index contributed by atoms with van der Waals surface area (Å²) < 4.78 is 7.00. The van der Waals surface area contributed by atoms with Crippen LogP contribution in [0, 0.1) is 6.92 Å². The number of aryl methyl sites for hydroxylation is 1. The van der Waals surface area contributed by atoms with Gasteiger partial charge in [0.15, 0.2) is 11.6 Å². The van der Waals surface area contributed by atoms with Crippen molar-refractivity contribution >= 4 is 5.91 Å². The SMILES string of the molecule is COc1cnc(C(=O)NC2CCCn3c(C)nnc32)nc1. The molecule has 1 aliphatic rings. The third kappa shape index (κ3) is 2.56. The van der Waals surface area contributed by atoms with E-state index in [-0.39, 0.29) is 17.8 Å². The molecule has 0 fully saturated rings. The maximum Gasteiger partial charge on any atom is 0.289 e. The third-order valence-corrected chi connectivity index (χ3v) is 3.52. The minimum atomic E-state index is -0.322. The number of aromatic nitrogens is 5. The maximum atomic E-state index is 12.2. The van der Waals surface area contributed by atoms with Crippen LogP contribution in [0.1, 0.15) is 41.2 Å². The van der Waals surface area contributed by atoms with Crippen LogP contribution in [0.3, 0.4) is 0 Å². The monoisotopic (exact) mass is 288 g/mol. The van der Waals surface area contributed by atoms with Crippen molar-refractivity contribution < 1.29 is 9.53 Å². The largest absolute Gasteiger partial charge is 0.494 e. The second kappa shape index (κ2) is 5.47. The molecule has 8 heteroatoms. The normalized spacial score (nSPS) is 17.1. The first-order chi connectivity index (χ1) is 10.2. The van der Waals surface area contributed by atoms with Crippen LogP contribution in [0.15, 0.2) is 12.4 Å². The molecule has 1 N–H and O–H groups in total. The highest BCUT2D eigenvalue weighted by molar-refractivity contribution is 5.90. The van der Waals surface area contributed by atoms with Crippen LogP contribution >= 0.6 is 0 Å². The first kappa shape index (κ1) is 13.5. The molecule has 3 rings (SSSR count). The molecule has 3 heterocycles. The molecule has 0 saturated carbocycles. The Morgan fingerprint density at radius 1 is 1.38 bits per heavy atom. The van der Waals surface area contributed by atoms with Crippen molar-refractivity contribution in [3.05, 3.63) is 29.9 Å². The van der Waals surface area contributed by atoms with Gasteiger partial charge in [-0.15, -0.1) is 10.2 Å². The van der Waals surface area contributed by atoms with E-state index in [0.717, 1.165) is 31.0 Å². The van der Waals surface area contributed by atoms with E-state index in [4.69, 9.17) is 4.74 Å². The lowest BCUT2D eigenvalue weighted by molar-refractivity contribution is 0.0917. The number of hydrogen-bond acceptors (Lipinski definition) is 6. The van der Waals surface area contributed by atoms with E-state index >= 15 is 0 Å². The fourth-order valence-electron chi connectivity index (χ4n) is 2.41. The number of methoxy groups -OCH3 is 1. The molecule has 1 atom stereocenters. The van der Waals surface area contributed by atoms with Crippen LogP contribution in [-0.2, 0) is 6.54 Å². The number of rotatable bonds is 3. The van der Waals surface area contributed by atoms with Gasteiger partial charge >= 0.3 is 0 Å². The first-order valence-corrected chi connectivity index (χ1v) is 6.75. The number of hydrogen-bond donors (Lipinski definition) is 1. The lowest BCUT2D eigenvalue weighted by atomic mass is 10.1. The fraction of sp³-hybridized carbons (Fsp3) is 0.462. The van der Waals surface area contributed by atoms with Gasteiger partial charge in [-0.05, 0) is 19.8 Å². The summed E-state index contributed by atoms with van der Waals surface area (Å²) in [6, 6.07) is -0.154. The molecular weight excluding hydrogens is 272 g/mol. The Kier molecular flexibility index (Phi) is 3.51. The first-order valence-electron chi connectivity index (χ1n) is 6.75. The molecule has 0 radical (unpaired) electrons. The summed E-state index contributed by atoms with van der Waals surface area (Å²) in [6.07, 6.45) is 4.74. The van der Waals surface area contributed by atoms with Crippen molar-refractivity contribution in [3.8, 4) is 5.75 Å². The second-order valence-corrected chi connectivity index (χ2v) is 4.87. The fourth-order valence-corrected chi connectivity index (χ4v) is 2.41. The van der Waals surface area contributed by atoms with E-state index in [0.29, 0.717) is 5.75 Å². The Hall–Kier alpha value is -2.51. The van der Waals surface area contributed by atoms with Gasteiger partial charge in [-0.25, -0.2) is 9.97 Å². The topological polar surface area (TPSA) is 94.8 Å². The van der Waals surface area contributed by atoms with Crippen LogP contribution in [0.2, 0.25) is 0 Å². The number of ether oxygens (including phenoxy) is 1. The Labute approximate surface area is 121 Å². The van der Waals surface area contributed by atoms with Crippen LogP contribution in [0.5, 0.6) is 5.75 Å². The summed E-state index contributed by atoms with van der Waals surface area (Å²) in [5.74, 6) is 1.96. The lowest BCUT2D eigenvalue weighted by Crippen LogP contribution is -2.34. The van der Waals surface area contributed by atoms with Crippen LogP contribution in [-0.4, -0.2) is 37.7 Å². The van der Waals surface area contributed by atoms with E-state index in [1.165, 1.54) is 19.5 Å². The van der Waals surface area contributed by atoms with E-state index in [9.17, 15) is 4.79 Å². The molecule has 8 nitrogen and oxygen atoms in total. The second-order valence-electron chi connectivity index (χ2n) is 4.87. The molecule has 0 aromatic carbocycles. The number of fused-ring (bicyclic) bond motifs is 1. The molecule has 110 valence electrons. The molecule has 2 aromatic rings. The van der Waals surface area contributed by atoms with Crippen LogP contribution in [0.25, 0.3) is 0 Å². The summed E-state index contributed by atoms with van der Waals surface area (Å²) in [6.45, 7) is 2.80. The van der Waals surface area contributed by atoms with Gasteiger partial charge in [0.1, 0.15) is 5.82 Å². The van der Waals surface area contributed by atoms with Crippen molar-refractivity contribution in [3.63, 3.8) is 0 Å². The van der Waals surface area contributed by atoms with Gasteiger partial charge in [-0.1, -0.05) is 0 Å². The Balaban J connectivity index is 1.76. The average Bonchev–Trinajstić information content (AvgIpc) is 2.90. The highest BCUT2D eigenvalue weighted by Crippen LogP contribution is 2.24. The van der Waals surface area contributed by atoms with Crippen molar-refractivity contribution in [1.29, 1.82) is 0 Å². The Morgan fingerprint density at radius 3 is 2.86 bits per heavy atom. The van der Waals surface area contributed by atoms with Crippen molar-refractivity contribution in [1.82, 2.24) is 30.0 Å². The van der Waals surface area contributed by atoms with Gasteiger partial charge in [-0.3, -0.25) is 4.79 Å². The molecule has 0 spiro atoms. The smallest absolute Gasteiger partial charge is 0.289 e. The van der Waals surface area contributed by atoms with E-state index in [1.54, 1.807) is 0 Å². The van der Waals surface area contributed by atoms with Crippen molar-refractivity contribution in [2.75, 3.05) is 7.11 Å². The zero-order valence-electron chi connectivity index (χ0n) is 11.9. The molecule has 21 heavy (non-hydrogen) atoms. The summed E-state index contributed by atoms with van der Waals surface area (Å²) in [5, 5.41) is 11.1. The third-order valence-electron chi connectivity index (χ3n) is 3.52. The predicted molar refractivity (Wildman–Crippen MR) is 72.8 cm³/mol. The van der Waals surface area contributed by atoms with Gasteiger partial charge in [0.2, 0.25) is 5.82 Å². The number of amides is 1. The predicted octanol–water partition coefficient (Wildman–Crippen LogP) is 0.650. The zero-order valence-corrected chi connectivity index (χ0v) is 11.9. The summed E-state index contributed by atoms with van der Waals surface area (Å²) in [7, 11) is 1.52. The number of carbonyl (C=O) groups is 1. The standard InChI is InChI=1S/C13H16N6O2/c1-8-17-18-12-10(4-3-5-19(8)12)16-13(20)11-14-6-9(21-2)7-15-11/h6-7,10H,3-5H2,1-2H3,(H,16,20). The summed E-state index contributed by atoms with van der Waals surface area (Å²) in [4.78, 5) is 20.2. The highest BCUT2D eigenvalue weighted by Gasteiger charge is 2.26. The number of nitrogens with zero attached hydrogens (tertiary/aromatic N) is 5. The highest BCUT2D eigenvalue weighted by atomic mass is 16.5. The van der Waals surface area contributed by atoms with Crippen LogP contribution in [0.4, 0.5) is 0 Å². The van der Waals surface area contributed by atoms with E-state index in [2.05, 4.69) is 25.5 Å². The van der Waals surface area contributed by atoms with Gasteiger partial charge in [0, 0.05) is 6.54 Å². The molecule has 0 aliphatic carbocycles. The van der Waals surface area contributed by atoms with Gasteiger partial charge in [0.25, 0.3) is 5.91 Å². The molecule has 1 amide bonds. The molecule has 1 unspecified atom stereocenters. The molecule has 0 saturated heterocycles. The van der Waals surface area contributed by atoms with Crippen molar-refractivity contribution in [2.45, 2.75) is 32.4 Å². The molecule has 2 aromatic heterocycles. The Bertz CT molecular complexity index is 651. The van der Waals surface area contributed by atoms with Gasteiger partial charge < -0.3 is 14.6 Å². The van der Waals surface area contributed by atoms with E-state index in [1.807, 2.05) is 11.5 Å². The van der Waals surface area contributed by atoms with Crippen LogP contribution < -0.4 is 10.1 Å². The molecule has 0 bridgehead atoms. The zero-order chi connectivity index (χ0) is 14.8.